The predicted molar refractivity (Wildman–Crippen MR) is 60.0 cm³/mol. The number of aliphatic hydroxyl groups is 1. The van der Waals surface area contributed by atoms with Gasteiger partial charge in [-0.15, -0.1) is 11.8 Å². The van der Waals surface area contributed by atoms with Gasteiger partial charge in [0.2, 0.25) is 0 Å². The Morgan fingerprint density at radius 3 is 2.71 bits per heavy atom. The van der Waals surface area contributed by atoms with Crippen LogP contribution in [0.4, 0.5) is 0 Å². The fourth-order valence-corrected chi connectivity index (χ4v) is 2.31. The van der Waals surface area contributed by atoms with Crippen LogP contribution in [0.1, 0.15) is 25.5 Å². The van der Waals surface area contributed by atoms with Gasteiger partial charge in [0.25, 0.3) is 0 Å². The van der Waals surface area contributed by atoms with Crippen molar-refractivity contribution in [2.75, 3.05) is 12.9 Å². The van der Waals surface area contributed by atoms with Gasteiger partial charge in [-0.2, -0.15) is 0 Å². The minimum atomic E-state index is -0.486. The molecule has 1 aromatic rings. The van der Waals surface area contributed by atoms with Crippen molar-refractivity contribution in [1.82, 2.24) is 0 Å². The second-order valence-electron chi connectivity index (χ2n) is 2.98. The number of aliphatic hydroxyl groups excluding tert-OH is 1. The maximum atomic E-state index is 9.65. The van der Waals surface area contributed by atoms with E-state index in [0.29, 0.717) is 0 Å². The van der Waals surface area contributed by atoms with Gasteiger partial charge in [-0.1, -0.05) is 13.0 Å². The zero-order valence-corrected chi connectivity index (χ0v) is 9.60. The fraction of sp³-hybridized carbons (Fsp3) is 0.455. The molecular formula is C11H16O2S. The third kappa shape index (κ3) is 2.42. The summed E-state index contributed by atoms with van der Waals surface area (Å²) in [6.45, 7) is 3.85. The Hall–Kier alpha value is -0.670. The first kappa shape index (κ1) is 11.4. The molecule has 0 aliphatic carbocycles. The lowest BCUT2D eigenvalue weighted by molar-refractivity contribution is 0.191. The molecule has 0 bridgehead atoms. The minimum Gasteiger partial charge on any atom is -0.496 e. The van der Waals surface area contributed by atoms with E-state index < -0.39 is 6.10 Å². The molecular weight excluding hydrogens is 196 g/mol. The minimum absolute atomic E-state index is 0.486. The van der Waals surface area contributed by atoms with Gasteiger partial charge in [0.1, 0.15) is 5.75 Å². The molecule has 0 aliphatic rings. The molecule has 1 N–H and O–H groups in total. The lowest BCUT2D eigenvalue weighted by Crippen LogP contribution is -1.98. The van der Waals surface area contributed by atoms with Gasteiger partial charge in [-0.05, 0) is 24.8 Å². The number of ether oxygens (including phenoxy) is 1. The molecule has 0 aliphatic heterocycles. The summed E-state index contributed by atoms with van der Waals surface area (Å²) in [6, 6.07) is 5.84. The zero-order chi connectivity index (χ0) is 10.6. The predicted octanol–water partition coefficient (Wildman–Crippen LogP) is 2.86. The lowest BCUT2D eigenvalue weighted by atomic mass is 10.1. The highest BCUT2D eigenvalue weighted by Crippen LogP contribution is 2.34. The van der Waals surface area contributed by atoms with E-state index in [4.69, 9.17) is 4.74 Å². The quantitative estimate of drug-likeness (QED) is 0.778. The number of hydrogen-bond acceptors (Lipinski definition) is 3. The number of thioether (sulfide) groups is 1. The molecule has 2 nitrogen and oxygen atoms in total. The molecule has 1 atom stereocenters. The van der Waals surface area contributed by atoms with Gasteiger partial charge >= 0.3 is 0 Å². The van der Waals surface area contributed by atoms with Crippen molar-refractivity contribution in [2.45, 2.75) is 24.8 Å². The summed E-state index contributed by atoms with van der Waals surface area (Å²) in [5.41, 5.74) is 0.891. The van der Waals surface area contributed by atoms with E-state index >= 15 is 0 Å². The molecule has 0 aromatic heterocycles. The maximum Gasteiger partial charge on any atom is 0.125 e. The smallest absolute Gasteiger partial charge is 0.125 e. The highest BCUT2D eigenvalue weighted by Gasteiger charge is 2.13. The van der Waals surface area contributed by atoms with Gasteiger partial charge in [0.05, 0.1) is 13.2 Å². The largest absolute Gasteiger partial charge is 0.496 e. The summed E-state index contributed by atoms with van der Waals surface area (Å²) in [5.74, 6) is 1.76. The molecule has 1 aromatic carbocycles. The number of benzene rings is 1. The van der Waals surface area contributed by atoms with Crippen LogP contribution >= 0.6 is 11.8 Å². The second-order valence-corrected chi connectivity index (χ2v) is 4.29. The van der Waals surface area contributed by atoms with Crippen molar-refractivity contribution < 1.29 is 9.84 Å². The first-order valence-corrected chi connectivity index (χ1v) is 5.67. The Labute approximate surface area is 89.3 Å². The number of rotatable bonds is 4. The Balaban J connectivity index is 3.14. The Morgan fingerprint density at radius 1 is 1.50 bits per heavy atom. The molecule has 78 valence electrons. The SMILES string of the molecule is CCSc1cccc(OC)c1[C@H](C)O. The van der Waals surface area contributed by atoms with E-state index in [-0.39, 0.29) is 0 Å². The van der Waals surface area contributed by atoms with Crippen LogP contribution < -0.4 is 4.74 Å². The third-order valence-corrected chi connectivity index (χ3v) is 2.92. The third-order valence-electron chi connectivity index (χ3n) is 1.96. The number of hydrogen-bond donors (Lipinski definition) is 1. The van der Waals surface area contributed by atoms with Crippen molar-refractivity contribution in [3.8, 4) is 5.75 Å². The standard InChI is InChI=1S/C11H16O2S/c1-4-14-10-7-5-6-9(13-3)11(10)8(2)12/h5-8,12H,4H2,1-3H3/t8-/m0/s1. The van der Waals surface area contributed by atoms with Crippen LogP contribution in [0.2, 0.25) is 0 Å². The normalized spacial score (nSPS) is 12.6. The van der Waals surface area contributed by atoms with Crippen LogP contribution in [-0.2, 0) is 0 Å². The van der Waals surface area contributed by atoms with E-state index in [0.717, 1.165) is 22.0 Å². The van der Waals surface area contributed by atoms with Gasteiger partial charge in [-0.3, -0.25) is 0 Å². The Morgan fingerprint density at radius 2 is 2.21 bits per heavy atom. The van der Waals surface area contributed by atoms with Gasteiger partial charge in [0.15, 0.2) is 0 Å². The topological polar surface area (TPSA) is 29.5 Å². The zero-order valence-electron chi connectivity index (χ0n) is 8.78. The summed E-state index contributed by atoms with van der Waals surface area (Å²) >= 11 is 1.72. The molecule has 3 heteroatoms. The molecule has 0 unspecified atom stereocenters. The first-order chi connectivity index (χ1) is 6.70. The van der Waals surface area contributed by atoms with Crippen LogP contribution in [0, 0.1) is 0 Å². The molecule has 0 fully saturated rings. The molecule has 1 rings (SSSR count). The summed E-state index contributed by atoms with van der Waals surface area (Å²) in [6.07, 6.45) is -0.486. The molecule has 0 heterocycles. The first-order valence-electron chi connectivity index (χ1n) is 4.68. The Bertz CT molecular complexity index is 297. The van der Waals surface area contributed by atoms with Crippen LogP contribution in [0.5, 0.6) is 5.75 Å². The Kier molecular flexibility index (Phi) is 4.29. The highest BCUT2D eigenvalue weighted by molar-refractivity contribution is 7.99. The van der Waals surface area contributed by atoms with Crippen molar-refractivity contribution >= 4 is 11.8 Å². The van der Waals surface area contributed by atoms with E-state index in [2.05, 4.69) is 6.92 Å². The van der Waals surface area contributed by atoms with Gasteiger partial charge < -0.3 is 9.84 Å². The van der Waals surface area contributed by atoms with Crippen molar-refractivity contribution in [3.63, 3.8) is 0 Å². The summed E-state index contributed by atoms with van der Waals surface area (Å²) in [5, 5.41) is 9.65. The van der Waals surface area contributed by atoms with Crippen molar-refractivity contribution in [3.05, 3.63) is 23.8 Å². The van der Waals surface area contributed by atoms with Crippen LogP contribution in [0.15, 0.2) is 23.1 Å². The molecule has 0 saturated carbocycles. The van der Waals surface area contributed by atoms with Crippen LogP contribution in [0.3, 0.4) is 0 Å². The molecule has 0 spiro atoms. The van der Waals surface area contributed by atoms with E-state index in [1.54, 1.807) is 25.8 Å². The lowest BCUT2D eigenvalue weighted by Gasteiger charge is -2.14. The molecule has 14 heavy (non-hydrogen) atoms. The summed E-state index contributed by atoms with van der Waals surface area (Å²) in [7, 11) is 1.63. The fourth-order valence-electron chi connectivity index (χ4n) is 1.40. The van der Waals surface area contributed by atoms with Crippen molar-refractivity contribution in [1.29, 1.82) is 0 Å². The van der Waals surface area contributed by atoms with Gasteiger partial charge in [-0.25, -0.2) is 0 Å². The monoisotopic (exact) mass is 212 g/mol. The van der Waals surface area contributed by atoms with Crippen LogP contribution in [0.25, 0.3) is 0 Å². The molecule has 0 amide bonds. The summed E-state index contributed by atoms with van der Waals surface area (Å²) < 4.78 is 5.22. The summed E-state index contributed by atoms with van der Waals surface area (Å²) in [4.78, 5) is 1.10. The van der Waals surface area contributed by atoms with E-state index in [1.807, 2.05) is 18.2 Å². The average Bonchev–Trinajstić information content (AvgIpc) is 2.17. The van der Waals surface area contributed by atoms with Crippen molar-refractivity contribution in [2.24, 2.45) is 0 Å². The molecule has 0 saturated heterocycles. The second kappa shape index (κ2) is 5.27. The maximum absolute atomic E-state index is 9.65. The van der Waals surface area contributed by atoms with Gasteiger partial charge in [0, 0.05) is 10.5 Å². The van der Waals surface area contributed by atoms with Crippen LogP contribution in [-0.4, -0.2) is 18.0 Å². The average molecular weight is 212 g/mol. The molecule has 0 radical (unpaired) electrons. The van der Waals surface area contributed by atoms with E-state index in [9.17, 15) is 5.11 Å². The van der Waals surface area contributed by atoms with E-state index in [1.165, 1.54) is 0 Å². The highest BCUT2D eigenvalue weighted by atomic mass is 32.2. The number of methoxy groups -OCH3 is 1.